The molecule has 0 N–H and O–H groups in total. The fourth-order valence-electron chi connectivity index (χ4n) is 2.77. The average molecular weight is 361 g/mol. The Morgan fingerprint density at radius 1 is 1.08 bits per heavy atom. The van der Waals surface area contributed by atoms with Gasteiger partial charge in [-0.3, -0.25) is 4.79 Å². The number of alkyl halides is 3. The van der Waals surface area contributed by atoms with Crippen LogP contribution in [0.15, 0.2) is 60.7 Å². The zero-order chi connectivity index (χ0) is 18.6. The Balaban J connectivity index is 1.65. The first-order valence-electron chi connectivity index (χ1n) is 8.24. The number of nitrogens with zero attached hydrogens (tertiary/aromatic N) is 1. The first-order valence-corrected chi connectivity index (χ1v) is 8.24. The molecule has 1 saturated heterocycles. The topological polar surface area (TPSA) is 29.5 Å². The summed E-state index contributed by atoms with van der Waals surface area (Å²) in [4.78, 5) is 14.0. The molecule has 3 rings (SSSR count). The van der Waals surface area contributed by atoms with Gasteiger partial charge in [0.15, 0.2) is 0 Å². The van der Waals surface area contributed by atoms with Crippen molar-refractivity contribution < 1.29 is 22.7 Å². The standard InChI is InChI=1S/C20H18F3NO2/c21-20(22,23)17-9-7-16(8-10-17)18-14-24(12-13-26-18)19(25)11-6-15-4-2-1-3-5-15/h1-11,18H,12-14H2/b11-6+/t18-/m0/s1. The Morgan fingerprint density at radius 2 is 1.77 bits per heavy atom. The lowest BCUT2D eigenvalue weighted by Crippen LogP contribution is -2.41. The van der Waals surface area contributed by atoms with E-state index in [4.69, 9.17) is 4.74 Å². The van der Waals surface area contributed by atoms with Crippen LogP contribution in [0.3, 0.4) is 0 Å². The summed E-state index contributed by atoms with van der Waals surface area (Å²) in [5, 5.41) is 0. The van der Waals surface area contributed by atoms with Gasteiger partial charge in [0.25, 0.3) is 0 Å². The number of rotatable bonds is 3. The maximum atomic E-state index is 12.7. The summed E-state index contributed by atoms with van der Waals surface area (Å²) >= 11 is 0. The molecule has 0 radical (unpaired) electrons. The van der Waals surface area contributed by atoms with E-state index in [1.807, 2.05) is 30.3 Å². The van der Waals surface area contributed by atoms with Crippen LogP contribution in [-0.2, 0) is 15.7 Å². The Bertz CT molecular complexity index is 770. The summed E-state index contributed by atoms with van der Waals surface area (Å²) in [6.45, 7) is 1.11. The van der Waals surface area contributed by atoms with E-state index in [-0.39, 0.29) is 5.91 Å². The van der Waals surface area contributed by atoms with Gasteiger partial charge in [0.1, 0.15) is 6.10 Å². The van der Waals surface area contributed by atoms with E-state index < -0.39 is 17.8 Å². The molecule has 0 spiro atoms. The zero-order valence-electron chi connectivity index (χ0n) is 13.9. The van der Waals surface area contributed by atoms with Gasteiger partial charge in [-0.25, -0.2) is 0 Å². The van der Waals surface area contributed by atoms with Crippen molar-refractivity contribution in [2.45, 2.75) is 12.3 Å². The molecule has 1 aliphatic heterocycles. The molecular formula is C20H18F3NO2. The number of ether oxygens (including phenoxy) is 1. The van der Waals surface area contributed by atoms with Crippen molar-refractivity contribution in [2.75, 3.05) is 19.7 Å². The van der Waals surface area contributed by atoms with Gasteiger partial charge >= 0.3 is 6.18 Å². The minimum absolute atomic E-state index is 0.144. The second-order valence-electron chi connectivity index (χ2n) is 6.01. The van der Waals surface area contributed by atoms with E-state index in [9.17, 15) is 18.0 Å². The van der Waals surface area contributed by atoms with Crippen LogP contribution in [0.5, 0.6) is 0 Å². The smallest absolute Gasteiger partial charge is 0.370 e. The molecule has 0 unspecified atom stereocenters. The van der Waals surface area contributed by atoms with Crippen LogP contribution < -0.4 is 0 Å². The van der Waals surface area contributed by atoms with Crippen LogP contribution >= 0.6 is 0 Å². The zero-order valence-corrected chi connectivity index (χ0v) is 13.9. The molecule has 3 nitrogen and oxygen atoms in total. The van der Waals surface area contributed by atoms with Crippen LogP contribution in [0.2, 0.25) is 0 Å². The van der Waals surface area contributed by atoms with Crippen molar-refractivity contribution in [3.8, 4) is 0 Å². The predicted molar refractivity (Wildman–Crippen MR) is 92.2 cm³/mol. The van der Waals surface area contributed by atoms with Gasteiger partial charge in [-0.2, -0.15) is 13.2 Å². The maximum Gasteiger partial charge on any atom is 0.416 e. The lowest BCUT2D eigenvalue weighted by Gasteiger charge is -2.32. The highest BCUT2D eigenvalue weighted by Crippen LogP contribution is 2.31. The lowest BCUT2D eigenvalue weighted by atomic mass is 10.0. The normalized spacial score (nSPS) is 18.3. The number of hydrogen-bond donors (Lipinski definition) is 0. The fourth-order valence-corrected chi connectivity index (χ4v) is 2.77. The Kier molecular flexibility index (Phi) is 5.42. The molecule has 136 valence electrons. The quantitative estimate of drug-likeness (QED) is 0.762. The number of amides is 1. The third kappa shape index (κ3) is 4.52. The third-order valence-corrected chi connectivity index (χ3v) is 4.21. The number of halogens is 3. The fraction of sp³-hybridized carbons (Fsp3) is 0.250. The van der Waals surface area contributed by atoms with E-state index in [1.165, 1.54) is 18.2 Å². The predicted octanol–water partition coefficient (Wildman–Crippen LogP) is 4.32. The monoisotopic (exact) mass is 361 g/mol. The number of carbonyl (C=O) groups is 1. The highest BCUT2D eigenvalue weighted by Gasteiger charge is 2.31. The van der Waals surface area contributed by atoms with E-state index >= 15 is 0 Å². The number of benzene rings is 2. The molecule has 2 aromatic carbocycles. The molecule has 0 saturated carbocycles. The summed E-state index contributed by atoms with van der Waals surface area (Å²) < 4.78 is 43.6. The summed E-state index contributed by atoms with van der Waals surface area (Å²) in [6.07, 6.45) is -1.55. The van der Waals surface area contributed by atoms with Gasteiger partial charge in [0.05, 0.1) is 18.7 Å². The largest absolute Gasteiger partial charge is 0.416 e. The highest BCUT2D eigenvalue weighted by atomic mass is 19.4. The summed E-state index contributed by atoms with van der Waals surface area (Å²) in [7, 11) is 0. The molecule has 2 aromatic rings. The minimum Gasteiger partial charge on any atom is -0.370 e. The number of hydrogen-bond acceptors (Lipinski definition) is 2. The van der Waals surface area contributed by atoms with Crippen LogP contribution in [0, 0.1) is 0 Å². The molecule has 1 amide bonds. The number of morpholine rings is 1. The highest BCUT2D eigenvalue weighted by molar-refractivity contribution is 5.91. The van der Waals surface area contributed by atoms with Crippen LogP contribution in [-0.4, -0.2) is 30.5 Å². The SMILES string of the molecule is O=C(/C=C/c1ccccc1)N1CCO[C@H](c2ccc(C(F)(F)F)cc2)C1. The Hall–Kier alpha value is -2.60. The first kappa shape index (κ1) is 18.2. The van der Waals surface area contributed by atoms with Crippen molar-refractivity contribution in [2.24, 2.45) is 0 Å². The van der Waals surface area contributed by atoms with Crippen LogP contribution in [0.25, 0.3) is 6.08 Å². The second kappa shape index (κ2) is 7.74. The van der Waals surface area contributed by atoms with Gasteiger partial charge in [-0.1, -0.05) is 42.5 Å². The molecule has 1 fully saturated rings. The summed E-state index contributed by atoms with van der Waals surface area (Å²) in [5.74, 6) is -0.144. The van der Waals surface area contributed by atoms with Crippen LogP contribution in [0.1, 0.15) is 22.8 Å². The van der Waals surface area contributed by atoms with Gasteiger partial charge in [-0.05, 0) is 29.3 Å². The number of carbonyl (C=O) groups excluding carboxylic acids is 1. The lowest BCUT2D eigenvalue weighted by molar-refractivity contribution is -0.137. The molecule has 6 heteroatoms. The van der Waals surface area contributed by atoms with Crippen molar-refractivity contribution in [1.82, 2.24) is 4.90 Å². The van der Waals surface area contributed by atoms with Crippen molar-refractivity contribution in [3.05, 3.63) is 77.4 Å². The molecule has 0 aliphatic carbocycles. The van der Waals surface area contributed by atoms with Gasteiger partial charge < -0.3 is 9.64 Å². The Morgan fingerprint density at radius 3 is 2.42 bits per heavy atom. The van der Waals surface area contributed by atoms with Gasteiger partial charge in [-0.15, -0.1) is 0 Å². The van der Waals surface area contributed by atoms with Crippen molar-refractivity contribution in [1.29, 1.82) is 0 Å². The minimum atomic E-state index is -4.36. The maximum absolute atomic E-state index is 12.7. The van der Waals surface area contributed by atoms with Crippen LogP contribution in [0.4, 0.5) is 13.2 Å². The average Bonchev–Trinajstić information content (AvgIpc) is 2.66. The molecule has 1 aliphatic rings. The third-order valence-electron chi connectivity index (χ3n) is 4.21. The molecule has 1 atom stereocenters. The van der Waals surface area contributed by atoms with E-state index in [0.717, 1.165) is 17.7 Å². The van der Waals surface area contributed by atoms with E-state index in [0.29, 0.717) is 25.3 Å². The molecule has 0 bridgehead atoms. The van der Waals surface area contributed by atoms with Crippen molar-refractivity contribution in [3.63, 3.8) is 0 Å². The summed E-state index contributed by atoms with van der Waals surface area (Å²) in [5.41, 5.74) is 0.853. The van der Waals surface area contributed by atoms with E-state index in [1.54, 1.807) is 11.0 Å². The van der Waals surface area contributed by atoms with Gasteiger partial charge in [0, 0.05) is 12.6 Å². The summed E-state index contributed by atoms with van der Waals surface area (Å²) in [6, 6.07) is 14.4. The molecule has 26 heavy (non-hydrogen) atoms. The molecule has 1 heterocycles. The molecular weight excluding hydrogens is 343 g/mol. The van der Waals surface area contributed by atoms with Gasteiger partial charge in [0.2, 0.25) is 5.91 Å². The molecule has 0 aromatic heterocycles. The van der Waals surface area contributed by atoms with E-state index in [2.05, 4.69) is 0 Å². The second-order valence-corrected chi connectivity index (χ2v) is 6.01. The Labute approximate surface area is 149 Å². The van der Waals surface area contributed by atoms with Crippen molar-refractivity contribution >= 4 is 12.0 Å². The first-order chi connectivity index (χ1) is 12.4.